The summed E-state index contributed by atoms with van der Waals surface area (Å²) in [5.74, 6) is 0.636. The average Bonchev–Trinajstić information content (AvgIpc) is 2.96. The molecule has 22 heavy (non-hydrogen) atoms. The fraction of sp³-hybridized carbons (Fsp3) is 0.176. The van der Waals surface area contributed by atoms with Crippen molar-refractivity contribution in [2.75, 3.05) is 14.2 Å². The monoisotopic (exact) mass is 312 g/mol. The number of fused-ring (bicyclic) bond motifs is 1. The Morgan fingerprint density at radius 3 is 2.82 bits per heavy atom. The lowest BCUT2D eigenvalue weighted by Crippen LogP contribution is -2.26. The molecule has 3 rings (SSSR count). The number of benzene rings is 2. The van der Waals surface area contributed by atoms with Crippen molar-refractivity contribution < 1.29 is 9.53 Å². The summed E-state index contributed by atoms with van der Waals surface area (Å²) in [7, 11) is 3.38. The van der Waals surface area contributed by atoms with Gasteiger partial charge in [-0.05, 0) is 30.3 Å². The molecule has 112 valence electrons. The van der Waals surface area contributed by atoms with Crippen LogP contribution in [-0.4, -0.2) is 29.9 Å². The molecular formula is C17H16N2O2S. The van der Waals surface area contributed by atoms with Crippen molar-refractivity contribution in [1.29, 1.82) is 0 Å². The number of hydrogen-bond acceptors (Lipinski definition) is 4. The minimum atomic E-state index is -0.0434. The molecule has 1 heterocycles. The van der Waals surface area contributed by atoms with Crippen molar-refractivity contribution in [2.45, 2.75) is 6.54 Å². The molecule has 0 aliphatic carbocycles. The molecule has 0 fully saturated rings. The summed E-state index contributed by atoms with van der Waals surface area (Å²) < 4.78 is 6.30. The second kappa shape index (κ2) is 6.15. The first-order chi connectivity index (χ1) is 10.7. The van der Waals surface area contributed by atoms with Crippen molar-refractivity contribution >= 4 is 27.5 Å². The highest BCUT2D eigenvalue weighted by atomic mass is 32.1. The molecule has 1 amide bonds. The van der Waals surface area contributed by atoms with Crippen molar-refractivity contribution in [2.24, 2.45) is 0 Å². The van der Waals surface area contributed by atoms with Gasteiger partial charge in [-0.3, -0.25) is 4.79 Å². The van der Waals surface area contributed by atoms with Gasteiger partial charge in [0.2, 0.25) is 0 Å². The number of carbonyl (C=O) groups excluding carboxylic acids is 1. The van der Waals surface area contributed by atoms with Crippen LogP contribution in [0.4, 0.5) is 0 Å². The molecule has 0 spiro atoms. The van der Waals surface area contributed by atoms with E-state index in [1.54, 1.807) is 42.5 Å². The van der Waals surface area contributed by atoms with Gasteiger partial charge in [0.05, 0.1) is 23.9 Å². The molecular weight excluding hydrogens is 296 g/mol. The third kappa shape index (κ3) is 2.94. The van der Waals surface area contributed by atoms with Crippen LogP contribution >= 0.6 is 11.3 Å². The number of aromatic nitrogens is 1. The lowest BCUT2D eigenvalue weighted by molar-refractivity contribution is 0.0784. The summed E-state index contributed by atoms with van der Waals surface area (Å²) in [6, 6.07) is 15.2. The molecule has 0 saturated carbocycles. The molecule has 4 nitrogen and oxygen atoms in total. The van der Waals surface area contributed by atoms with Crippen molar-refractivity contribution in [3.8, 4) is 5.75 Å². The lowest BCUT2D eigenvalue weighted by atomic mass is 10.2. The van der Waals surface area contributed by atoms with Gasteiger partial charge >= 0.3 is 0 Å². The predicted octanol–water partition coefficient (Wildman–Crippen LogP) is 3.58. The van der Waals surface area contributed by atoms with Crippen molar-refractivity contribution in [3.05, 3.63) is 59.1 Å². The molecule has 0 radical (unpaired) electrons. The van der Waals surface area contributed by atoms with Crippen LogP contribution in [0.5, 0.6) is 5.75 Å². The Morgan fingerprint density at radius 1 is 1.23 bits per heavy atom. The fourth-order valence-electron chi connectivity index (χ4n) is 2.24. The van der Waals surface area contributed by atoms with Crippen LogP contribution in [0.3, 0.4) is 0 Å². The first-order valence-corrected chi connectivity index (χ1v) is 7.73. The van der Waals surface area contributed by atoms with E-state index in [1.165, 1.54) is 0 Å². The second-order valence-corrected chi connectivity index (χ2v) is 6.08. The smallest absolute Gasteiger partial charge is 0.254 e. The summed E-state index contributed by atoms with van der Waals surface area (Å²) in [5, 5.41) is 0.931. The van der Waals surface area contributed by atoms with Crippen LogP contribution < -0.4 is 4.74 Å². The maximum atomic E-state index is 12.5. The molecule has 2 aromatic carbocycles. The molecule has 5 heteroatoms. The molecule has 0 atom stereocenters. The quantitative estimate of drug-likeness (QED) is 0.739. The van der Waals surface area contributed by atoms with Gasteiger partial charge in [-0.1, -0.05) is 18.2 Å². The average molecular weight is 312 g/mol. The highest BCUT2D eigenvalue weighted by Gasteiger charge is 2.14. The highest BCUT2D eigenvalue weighted by molar-refractivity contribution is 7.18. The first-order valence-electron chi connectivity index (χ1n) is 6.91. The number of thiazole rings is 1. The Bertz CT molecular complexity index is 780. The number of amides is 1. The number of methoxy groups -OCH3 is 1. The first kappa shape index (κ1) is 14.5. The number of rotatable bonds is 4. The van der Waals surface area contributed by atoms with E-state index >= 15 is 0 Å². The van der Waals surface area contributed by atoms with Crippen LogP contribution in [0.25, 0.3) is 10.2 Å². The minimum Gasteiger partial charge on any atom is -0.497 e. The van der Waals surface area contributed by atoms with Crippen LogP contribution in [0, 0.1) is 0 Å². The van der Waals surface area contributed by atoms with E-state index in [0.29, 0.717) is 17.9 Å². The highest BCUT2D eigenvalue weighted by Crippen LogP contribution is 2.23. The van der Waals surface area contributed by atoms with Crippen LogP contribution in [-0.2, 0) is 6.54 Å². The Balaban J connectivity index is 1.78. The number of hydrogen-bond donors (Lipinski definition) is 0. The molecule has 3 aromatic rings. The van der Waals surface area contributed by atoms with E-state index in [2.05, 4.69) is 4.98 Å². The molecule has 0 saturated heterocycles. The summed E-state index contributed by atoms with van der Waals surface area (Å²) in [4.78, 5) is 18.7. The van der Waals surface area contributed by atoms with E-state index in [9.17, 15) is 4.79 Å². The topological polar surface area (TPSA) is 42.4 Å². The molecule has 0 N–H and O–H groups in total. The number of para-hydroxylation sites is 1. The van der Waals surface area contributed by atoms with Crippen LogP contribution in [0.1, 0.15) is 15.4 Å². The minimum absolute atomic E-state index is 0.0434. The van der Waals surface area contributed by atoms with E-state index in [4.69, 9.17) is 4.74 Å². The third-order valence-electron chi connectivity index (χ3n) is 3.37. The third-order valence-corrected chi connectivity index (χ3v) is 4.40. The van der Waals surface area contributed by atoms with Gasteiger partial charge in [-0.25, -0.2) is 4.98 Å². The normalized spacial score (nSPS) is 10.6. The molecule has 0 aliphatic heterocycles. The predicted molar refractivity (Wildman–Crippen MR) is 88.4 cm³/mol. The van der Waals surface area contributed by atoms with Gasteiger partial charge in [0.1, 0.15) is 10.8 Å². The zero-order valence-electron chi connectivity index (χ0n) is 12.4. The van der Waals surface area contributed by atoms with Crippen molar-refractivity contribution in [3.63, 3.8) is 0 Å². The van der Waals surface area contributed by atoms with Crippen LogP contribution in [0.15, 0.2) is 48.5 Å². The van der Waals surface area contributed by atoms with Gasteiger partial charge in [0.15, 0.2) is 0 Å². The van der Waals surface area contributed by atoms with E-state index < -0.39 is 0 Å². The summed E-state index contributed by atoms with van der Waals surface area (Å²) >= 11 is 1.62. The Hall–Kier alpha value is -2.40. The Labute approximate surface area is 133 Å². The molecule has 0 unspecified atom stereocenters. The molecule has 0 aliphatic rings. The number of carbonyl (C=O) groups is 1. The maximum Gasteiger partial charge on any atom is 0.254 e. The lowest BCUT2D eigenvalue weighted by Gasteiger charge is -2.16. The van der Waals surface area contributed by atoms with E-state index in [0.717, 1.165) is 15.2 Å². The number of ether oxygens (including phenoxy) is 1. The fourth-order valence-corrected chi connectivity index (χ4v) is 3.26. The van der Waals surface area contributed by atoms with E-state index in [-0.39, 0.29) is 5.91 Å². The largest absolute Gasteiger partial charge is 0.497 e. The van der Waals surface area contributed by atoms with Crippen LogP contribution in [0.2, 0.25) is 0 Å². The Kier molecular flexibility index (Phi) is 4.06. The van der Waals surface area contributed by atoms with Gasteiger partial charge in [0.25, 0.3) is 5.91 Å². The van der Waals surface area contributed by atoms with Gasteiger partial charge in [-0.15, -0.1) is 11.3 Å². The summed E-state index contributed by atoms with van der Waals surface area (Å²) in [6.07, 6.45) is 0. The Morgan fingerprint density at radius 2 is 2.05 bits per heavy atom. The number of nitrogens with zero attached hydrogens (tertiary/aromatic N) is 2. The van der Waals surface area contributed by atoms with E-state index in [1.807, 2.05) is 36.4 Å². The van der Waals surface area contributed by atoms with Gasteiger partial charge in [-0.2, -0.15) is 0 Å². The van der Waals surface area contributed by atoms with Gasteiger partial charge < -0.3 is 9.64 Å². The molecule has 0 bridgehead atoms. The molecule has 1 aromatic heterocycles. The summed E-state index contributed by atoms with van der Waals surface area (Å²) in [5.41, 5.74) is 1.59. The van der Waals surface area contributed by atoms with Crippen molar-refractivity contribution in [1.82, 2.24) is 9.88 Å². The standard InChI is InChI=1S/C17H16N2O2S/c1-19(17(20)12-6-5-7-13(10-12)21-2)11-16-18-14-8-3-4-9-15(14)22-16/h3-10H,11H2,1-2H3. The SMILES string of the molecule is COc1cccc(C(=O)N(C)Cc2nc3ccccc3s2)c1. The zero-order chi connectivity index (χ0) is 15.5. The second-order valence-electron chi connectivity index (χ2n) is 4.97. The zero-order valence-corrected chi connectivity index (χ0v) is 13.3. The summed E-state index contributed by atoms with van der Waals surface area (Å²) in [6.45, 7) is 0.495. The maximum absolute atomic E-state index is 12.5. The van der Waals surface area contributed by atoms with Gasteiger partial charge in [0, 0.05) is 12.6 Å².